The maximum atomic E-state index is 13.6. The van der Waals surface area contributed by atoms with Gasteiger partial charge in [-0.3, -0.25) is 9.59 Å². The van der Waals surface area contributed by atoms with Gasteiger partial charge in [0, 0.05) is 56.9 Å². The molecule has 1 aromatic rings. The molecule has 0 bridgehead atoms. The number of hydrogen-bond donors (Lipinski definition) is 2. The van der Waals surface area contributed by atoms with E-state index in [4.69, 9.17) is 21.1 Å². The van der Waals surface area contributed by atoms with E-state index in [1.807, 2.05) is 4.90 Å². The number of aliphatic hydroxyl groups excluding tert-OH is 2. The Bertz CT molecular complexity index is 792. The summed E-state index contributed by atoms with van der Waals surface area (Å²) in [5.74, 6) is -0.0549. The van der Waals surface area contributed by atoms with Gasteiger partial charge in [-0.05, 0) is 43.4 Å². The molecule has 1 aromatic carbocycles. The molecule has 4 atom stereocenters. The maximum Gasteiger partial charge on any atom is 0.254 e. The van der Waals surface area contributed by atoms with Crippen molar-refractivity contribution in [3.05, 3.63) is 34.9 Å². The summed E-state index contributed by atoms with van der Waals surface area (Å²) >= 11 is 6.15. The van der Waals surface area contributed by atoms with Gasteiger partial charge in [0.2, 0.25) is 5.91 Å². The van der Waals surface area contributed by atoms with E-state index >= 15 is 0 Å². The van der Waals surface area contributed by atoms with Crippen molar-refractivity contribution in [2.75, 3.05) is 40.0 Å². The van der Waals surface area contributed by atoms with Crippen LogP contribution in [0.1, 0.15) is 50.4 Å². The molecule has 9 heteroatoms. The summed E-state index contributed by atoms with van der Waals surface area (Å²) in [6, 6.07) is 6.64. The zero-order chi connectivity index (χ0) is 25.3. The van der Waals surface area contributed by atoms with Crippen LogP contribution < -0.4 is 0 Å². The molecule has 0 aromatic heterocycles. The lowest BCUT2D eigenvalue weighted by atomic mass is 9.99. The lowest BCUT2D eigenvalue weighted by Crippen LogP contribution is -2.53. The molecule has 1 fully saturated rings. The van der Waals surface area contributed by atoms with E-state index in [2.05, 4.69) is 13.8 Å². The fourth-order valence-electron chi connectivity index (χ4n) is 4.24. The summed E-state index contributed by atoms with van der Waals surface area (Å²) in [5.41, 5.74) is 0.501. The van der Waals surface area contributed by atoms with Crippen LogP contribution in [0.15, 0.2) is 24.3 Å². The van der Waals surface area contributed by atoms with Crippen LogP contribution in [0.5, 0.6) is 0 Å². The van der Waals surface area contributed by atoms with Crippen LogP contribution in [0.2, 0.25) is 5.02 Å². The third-order valence-corrected chi connectivity index (χ3v) is 6.33. The van der Waals surface area contributed by atoms with Gasteiger partial charge in [0.15, 0.2) is 0 Å². The maximum absolute atomic E-state index is 13.6. The summed E-state index contributed by atoms with van der Waals surface area (Å²) in [5, 5.41) is 21.4. The topological polar surface area (TPSA) is 99.5 Å². The Morgan fingerprint density at radius 3 is 2.59 bits per heavy atom. The van der Waals surface area contributed by atoms with Crippen molar-refractivity contribution in [1.82, 2.24) is 9.80 Å². The van der Waals surface area contributed by atoms with Crippen molar-refractivity contribution < 1.29 is 29.3 Å². The van der Waals surface area contributed by atoms with Gasteiger partial charge in [0.1, 0.15) is 18.3 Å². The van der Waals surface area contributed by atoms with Gasteiger partial charge in [0.25, 0.3) is 5.91 Å². The van der Waals surface area contributed by atoms with Crippen molar-refractivity contribution in [3.63, 3.8) is 0 Å². The van der Waals surface area contributed by atoms with Crippen LogP contribution in [-0.4, -0.2) is 96.1 Å². The number of aliphatic hydroxyl groups is 2. The second-order valence-corrected chi connectivity index (χ2v) is 9.77. The van der Waals surface area contributed by atoms with E-state index in [1.165, 1.54) is 14.0 Å². The number of carbonyl (C=O) groups is 2. The molecular weight excluding hydrogens is 460 g/mol. The Hall–Kier alpha value is -1.71. The van der Waals surface area contributed by atoms with Gasteiger partial charge in [-0.15, -0.1) is 0 Å². The molecule has 0 unspecified atom stereocenters. The number of nitrogens with zero attached hydrogens (tertiary/aromatic N) is 2. The van der Waals surface area contributed by atoms with Gasteiger partial charge in [0.05, 0.1) is 6.61 Å². The third kappa shape index (κ3) is 8.50. The lowest BCUT2D eigenvalue weighted by Gasteiger charge is -2.38. The molecule has 8 nitrogen and oxygen atoms in total. The number of hydrogen-bond acceptors (Lipinski definition) is 6. The molecule has 0 aliphatic carbocycles. The van der Waals surface area contributed by atoms with Crippen LogP contribution >= 0.6 is 11.6 Å². The molecule has 1 aliphatic heterocycles. The van der Waals surface area contributed by atoms with E-state index in [0.717, 1.165) is 0 Å². The average molecular weight is 499 g/mol. The minimum absolute atomic E-state index is 0.0395. The minimum atomic E-state index is -1.22. The average Bonchev–Trinajstić information content (AvgIpc) is 2.78. The van der Waals surface area contributed by atoms with Crippen molar-refractivity contribution in [2.24, 2.45) is 5.92 Å². The molecular formula is C25H39ClN2O6. The number of rotatable bonds is 4. The zero-order valence-corrected chi connectivity index (χ0v) is 21.4. The fraction of sp³-hybridized carbons (Fsp3) is 0.680. The van der Waals surface area contributed by atoms with E-state index < -0.39 is 18.3 Å². The Morgan fingerprint density at radius 2 is 1.97 bits per heavy atom. The van der Waals surface area contributed by atoms with Gasteiger partial charge in [-0.1, -0.05) is 31.5 Å². The fourth-order valence-corrected chi connectivity index (χ4v) is 4.43. The summed E-state index contributed by atoms with van der Waals surface area (Å²) in [6.45, 7) is 6.84. The molecule has 34 heavy (non-hydrogen) atoms. The van der Waals surface area contributed by atoms with Crippen LogP contribution in [0.4, 0.5) is 0 Å². The number of benzene rings is 1. The third-order valence-electron chi connectivity index (χ3n) is 6.10. The molecule has 2 amide bonds. The molecule has 0 radical (unpaired) electrons. The normalized spacial score (nSPS) is 25.8. The first-order chi connectivity index (χ1) is 16.1. The first-order valence-electron chi connectivity index (χ1n) is 11.9. The van der Waals surface area contributed by atoms with Gasteiger partial charge < -0.3 is 29.5 Å². The standard InChI is InChI=1S/C25H39ClN2O6/c1-17(2)12-21-14-27(18(3)29)15-23(33-4)24(31)22(30)16-34-11-6-5-10-28(21)25(32)19-8-7-9-20(26)13-19/h7-9,13,17,21-24,30-31H,5-6,10-12,14-16H2,1-4H3/t21-,22-,23-,24-/m1/s1. The highest BCUT2D eigenvalue weighted by molar-refractivity contribution is 6.30. The van der Waals surface area contributed by atoms with Crippen molar-refractivity contribution >= 4 is 23.4 Å². The monoisotopic (exact) mass is 498 g/mol. The van der Waals surface area contributed by atoms with E-state index in [1.54, 1.807) is 29.2 Å². The van der Waals surface area contributed by atoms with Crippen LogP contribution in [0, 0.1) is 5.92 Å². The van der Waals surface area contributed by atoms with E-state index in [0.29, 0.717) is 49.5 Å². The van der Waals surface area contributed by atoms with Crippen molar-refractivity contribution in [1.29, 1.82) is 0 Å². The predicted molar refractivity (Wildman–Crippen MR) is 131 cm³/mol. The van der Waals surface area contributed by atoms with Crippen LogP contribution in [-0.2, 0) is 14.3 Å². The van der Waals surface area contributed by atoms with E-state index in [-0.39, 0.29) is 36.9 Å². The second kappa shape index (κ2) is 14.0. The van der Waals surface area contributed by atoms with Gasteiger partial charge in [-0.25, -0.2) is 0 Å². The molecule has 1 aliphatic rings. The van der Waals surface area contributed by atoms with Gasteiger partial charge in [-0.2, -0.15) is 0 Å². The van der Waals surface area contributed by atoms with Gasteiger partial charge >= 0.3 is 0 Å². The first-order valence-corrected chi connectivity index (χ1v) is 12.3. The Morgan fingerprint density at radius 1 is 1.24 bits per heavy atom. The highest BCUT2D eigenvalue weighted by Crippen LogP contribution is 2.21. The largest absolute Gasteiger partial charge is 0.388 e. The van der Waals surface area contributed by atoms with Crippen LogP contribution in [0.3, 0.4) is 0 Å². The summed E-state index contributed by atoms with van der Waals surface area (Å²) in [4.78, 5) is 29.6. The summed E-state index contributed by atoms with van der Waals surface area (Å²) in [7, 11) is 1.43. The molecule has 192 valence electrons. The SMILES string of the molecule is CO[C@@H]1CN(C(C)=O)C[C@@H](CC(C)C)N(C(=O)c2cccc(Cl)c2)CCCCOC[C@@H](O)[C@H]1O. The second-order valence-electron chi connectivity index (χ2n) is 9.33. The number of amides is 2. The lowest BCUT2D eigenvalue weighted by molar-refractivity contribution is -0.137. The van der Waals surface area contributed by atoms with E-state index in [9.17, 15) is 19.8 Å². The molecule has 1 saturated heterocycles. The molecule has 2 rings (SSSR count). The molecule has 1 heterocycles. The number of halogens is 1. The van der Waals surface area contributed by atoms with Crippen LogP contribution in [0.25, 0.3) is 0 Å². The number of methoxy groups -OCH3 is 1. The summed E-state index contributed by atoms with van der Waals surface area (Å²) < 4.78 is 11.0. The minimum Gasteiger partial charge on any atom is -0.388 e. The molecule has 0 saturated carbocycles. The number of carbonyl (C=O) groups excluding carboxylic acids is 2. The predicted octanol–water partition coefficient (Wildman–Crippen LogP) is 2.59. The van der Waals surface area contributed by atoms with Crippen molar-refractivity contribution in [3.8, 4) is 0 Å². The molecule has 2 N–H and O–H groups in total. The molecule has 0 spiro atoms. The highest BCUT2D eigenvalue weighted by Gasteiger charge is 2.33. The smallest absolute Gasteiger partial charge is 0.254 e. The number of ether oxygens (including phenoxy) is 2. The summed E-state index contributed by atoms with van der Waals surface area (Å²) in [6.07, 6.45) is -1.09. The first kappa shape index (κ1) is 28.5. The quantitative estimate of drug-likeness (QED) is 0.662. The zero-order valence-electron chi connectivity index (χ0n) is 20.7. The Kier molecular flexibility index (Phi) is 11.7. The van der Waals surface area contributed by atoms with Crippen molar-refractivity contribution in [2.45, 2.75) is 64.4 Å². The highest BCUT2D eigenvalue weighted by atomic mass is 35.5. The Labute approximate surface area is 207 Å². The Balaban J connectivity index is 2.41.